The van der Waals surface area contributed by atoms with Gasteiger partial charge in [-0.15, -0.1) is 35.3 Å². The summed E-state index contributed by atoms with van der Waals surface area (Å²) in [6.45, 7) is 10.1. The first-order valence-corrected chi connectivity index (χ1v) is 9.32. The molecular formula is C17H28IN5OS. The first-order chi connectivity index (χ1) is 11.6. The van der Waals surface area contributed by atoms with Crippen molar-refractivity contribution in [2.24, 2.45) is 4.99 Å². The zero-order chi connectivity index (χ0) is 17.4. The monoisotopic (exact) mass is 477 g/mol. The Kier molecular flexibility index (Phi) is 10.0. The summed E-state index contributed by atoms with van der Waals surface area (Å²) in [7, 11) is 0. The zero-order valence-electron chi connectivity index (χ0n) is 15.4. The molecule has 140 valence electrons. The van der Waals surface area contributed by atoms with Crippen molar-refractivity contribution in [2.45, 2.75) is 53.5 Å². The van der Waals surface area contributed by atoms with Gasteiger partial charge in [0.1, 0.15) is 12.3 Å². The second-order valence-electron chi connectivity index (χ2n) is 5.71. The highest BCUT2D eigenvalue weighted by Crippen LogP contribution is 2.11. The number of guanidine groups is 1. The van der Waals surface area contributed by atoms with Gasteiger partial charge in [-0.25, -0.2) is 15.0 Å². The SMILES string of the molecule is CCNC(=NCc1nc(C)c(C)o1)NCCCCc1nc(C)cs1.I. The molecule has 0 aliphatic heterocycles. The third-order valence-corrected chi connectivity index (χ3v) is 4.59. The third-order valence-electron chi connectivity index (χ3n) is 3.57. The van der Waals surface area contributed by atoms with E-state index in [2.05, 4.69) is 37.9 Å². The Morgan fingerprint density at radius 3 is 2.60 bits per heavy atom. The molecule has 2 aromatic heterocycles. The normalized spacial score (nSPS) is 11.3. The summed E-state index contributed by atoms with van der Waals surface area (Å²) in [5, 5.41) is 9.93. The molecule has 0 aliphatic rings. The second kappa shape index (κ2) is 11.5. The highest BCUT2D eigenvalue weighted by molar-refractivity contribution is 14.0. The molecule has 0 spiro atoms. The van der Waals surface area contributed by atoms with E-state index in [0.29, 0.717) is 12.4 Å². The highest BCUT2D eigenvalue weighted by atomic mass is 127. The molecule has 2 heterocycles. The van der Waals surface area contributed by atoms with Crippen LogP contribution in [0.25, 0.3) is 0 Å². The smallest absolute Gasteiger partial charge is 0.216 e. The number of unbranched alkanes of at least 4 members (excludes halogenated alkanes) is 1. The van der Waals surface area contributed by atoms with Gasteiger partial charge in [-0.05, 0) is 47.0 Å². The van der Waals surface area contributed by atoms with Crippen LogP contribution >= 0.6 is 35.3 Å². The molecule has 8 heteroatoms. The van der Waals surface area contributed by atoms with Crippen LogP contribution in [0.2, 0.25) is 0 Å². The van der Waals surface area contributed by atoms with Crippen molar-refractivity contribution < 1.29 is 4.42 Å². The van der Waals surface area contributed by atoms with E-state index < -0.39 is 0 Å². The fourth-order valence-corrected chi connectivity index (χ4v) is 3.04. The molecule has 0 saturated carbocycles. The van der Waals surface area contributed by atoms with Crippen LogP contribution in [-0.2, 0) is 13.0 Å². The standard InChI is InChI=1S/C17H27N5OS.HI/c1-5-18-17(20-10-15-22-13(3)14(4)23-15)19-9-7-6-8-16-21-12(2)11-24-16;/h11H,5-10H2,1-4H3,(H2,18,19,20);1H. The fourth-order valence-electron chi connectivity index (χ4n) is 2.22. The van der Waals surface area contributed by atoms with Gasteiger partial charge in [-0.1, -0.05) is 0 Å². The van der Waals surface area contributed by atoms with Gasteiger partial charge in [-0.3, -0.25) is 0 Å². The van der Waals surface area contributed by atoms with E-state index in [-0.39, 0.29) is 24.0 Å². The number of hydrogen-bond donors (Lipinski definition) is 2. The number of aliphatic imine (C=N–C) groups is 1. The van der Waals surface area contributed by atoms with E-state index in [1.165, 1.54) is 5.01 Å². The molecule has 0 unspecified atom stereocenters. The minimum absolute atomic E-state index is 0. The van der Waals surface area contributed by atoms with Crippen LogP contribution in [0, 0.1) is 20.8 Å². The predicted molar refractivity (Wildman–Crippen MR) is 114 cm³/mol. The van der Waals surface area contributed by atoms with Gasteiger partial charge >= 0.3 is 0 Å². The average Bonchev–Trinajstić information content (AvgIpc) is 3.10. The number of nitrogens with one attached hydrogen (secondary N) is 2. The fraction of sp³-hybridized carbons (Fsp3) is 0.588. The Labute approximate surface area is 171 Å². The average molecular weight is 477 g/mol. The van der Waals surface area contributed by atoms with E-state index >= 15 is 0 Å². The Bertz CT molecular complexity index is 648. The van der Waals surface area contributed by atoms with Crippen LogP contribution in [0.5, 0.6) is 0 Å². The molecule has 0 atom stereocenters. The maximum absolute atomic E-state index is 5.56. The maximum Gasteiger partial charge on any atom is 0.216 e. The van der Waals surface area contributed by atoms with E-state index in [0.717, 1.165) is 55.5 Å². The lowest BCUT2D eigenvalue weighted by atomic mass is 10.2. The van der Waals surface area contributed by atoms with Crippen LogP contribution in [0.3, 0.4) is 0 Å². The summed E-state index contributed by atoms with van der Waals surface area (Å²) in [5.74, 6) is 2.31. The number of hydrogen-bond acceptors (Lipinski definition) is 5. The molecule has 2 rings (SSSR count). The first kappa shape index (κ1) is 21.9. The van der Waals surface area contributed by atoms with Crippen molar-refractivity contribution in [2.75, 3.05) is 13.1 Å². The van der Waals surface area contributed by atoms with Crippen LogP contribution in [0.1, 0.15) is 47.8 Å². The lowest BCUT2D eigenvalue weighted by molar-refractivity contribution is 0.472. The van der Waals surface area contributed by atoms with Crippen molar-refractivity contribution >= 4 is 41.3 Å². The van der Waals surface area contributed by atoms with E-state index in [4.69, 9.17) is 4.42 Å². The quantitative estimate of drug-likeness (QED) is 0.262. The van der Waals surface area contributed by atoms with Gasteiger partial charge < -0.3 is 15.1 Å². The van der Waals surface area contributed by atoms with E-state index in [1.54, 1.807) is 11.3 Å². The molecule has 2 N–H and O–H groups in total. The molecular weight excluding hydrogens is 449 g/mol. The minimum atomic E-state index is 0. The Morgan fingerprint density at radius 1 is 1.20 bits per heavy atom. The van der Waals surface area contributed by atoms with Gasteiger partial charge in [0.05, 0.1) is 10.7 Å². The van der Waals surface area contributed by atoms with Crippen molar-refractivity contribution in [3.8, 4) is 0 Å². The Morgan fingerprint density at radius 2 is 2.00 bits per heavy atom. The Balaban J connectivity index is 0.00000312. The van der Waals surface area contributed by atoms with Crippen molar-refractivity contribution in [1.29, 1.82) is 0 Å². The summed E-state index contributed by atoms with van der Waals surface area (Å²) in [6.07, 6.45) is 3.25. The lowest BCUT2D eigenvalue weighted by Gasteiger charge is -2.10. The maximum atomic E-state index is 5.56. The van der Waals surface area contributed by atoms with Gasteiger partial charge in [0.25, 0.3) is 0 Å². The Hall–Kier alpha value is -1.16. The molecule has 0 amide bonds. The number of oxazole rings is 1. The van der Waals surface area contributed by atoms with Crippen molar-refractivity contribution in [1.82, 2.24) is 20.6 Å². The van der Waals surface area contributed by atoms with Gasteiger partial charge in [0.15, 0.2) is 5.96 Å². The van der Waals surface area contributed by atoms with E-state index in [9.17, 15) is 0 Å². The van der Waals surface area contributed by atoms with Crippen molar-refractivity contribution in [3.63, 3.8) is 0 Å². The molecule has 25 heavy (non-hydrogen) atoms. The zero-order valence-corrected chi connectivity index (χ0v) is 18.5. The predicted octanol–water partition coefficient (Wildman–Crippen LogP) is 3.75. The molecule has 0 aliphatic carbocycles. The summed E-state index contributed by atoms with van der Waals surface area (Å²) in [5.41, 5.74) is 2.04. The molecule has 0 aromatic carbocycles. The summed E-state index contributed by atoms with van der Waals surface area (Å²) in [6, 6.07) is 0. The number of rotatable bonds is 8. The van der Waals surface area contributed by atoms with Gasteiger partial charge in [0.2, 0.25) is 5.89 Å². The number of nitrogens with zero attached hydrogens (tertiary/aromatic N) is 3. The highest BCUT2D eigenvalue weighted by Gasteiger charge is 2.05. The first-order valence-electron chi connectivity index (χ1n) is 8.44. The molecule has 6 nitrogen and oxygen atoms in total. The molecule has 0 radical (unpaired) electrons. The molecule has 0 saturated heterocycles. The number of halogens is 1. The topological polar surface area (TPSA) is 75.3 Å². The van der Waals surface area contributed by atoms with Crippen molar-refractivity contribution in [3.05, 3.63) is 33.4 Å². The number of aryl methyl sites for hydroxylation is 4. The van der Waals surface area contributed by atoms with Gasteiger partial charge in [-0.2, -0.15) is 0 Å². The van der Waals surface area contributed by atoms with Crippen LogP contribution in [0.4, 0.5) is 0 Å². The van der Waals surface area contributed by atoms with Crippen LogP contribution in [-0.4, -0.2) is 29.0 Å². The third kappa shape index (κ3) is 7.72. The number of thiazole rings is 1. The second-order valence-corrected chi connectivity index (χ2v) is 6.65. The van der Waals surface area contributed by atoms with Crippen LogP contribution in [0.15, 0.2) is 14.8 Å². The molecule has 0 bridgehead atoms. The summed E-state index contributed by atoms with van der Waals surface area (Å²) >= 11 is 1.75. The summed E-state index contributed by atoms with van der Waals surface area (Å²) < 4.78 is 5.56. The van der Waals surface area contributed by atoms with Crippen LogP contribution < -0.4 is 10.6 Å². The van der Waals surface area contributed by atoms with Gasteiger partial charge in [0, 0.05) is 24.2 Å². The summed E-state index contributed by atoms with van der Waals surface area (Å²) in [4.78, 5) is 13.4. The largest absolute Gasteiger partial charge is 0.444 e. The molecule has 2 aromatic rings. The lowest BCUT2D eigenvalue weighted by Crippen LogP contribution is -2.37. The van der Waals surface area contributed by atoms with E-state index in [1.807, 2.05) is 20.8 Å². The number of aromatic nitrogens is 2. The minimum Gasteiger partial charge on any atom is -0.444 e. The molecule has 0 fully saturated rings.